The highest BCUT2D eigenvalue weighted by Crippen LogP contribution is 2.04. The third-order valence-electron chi connectivity index (χ3n) is 0. The molecule has 20 heteroatoms. The minimum atomic E-state index is -5.39. The Kier molecular flexibility index (Phi) is 20.4. The molecular formula is CH4O16P4-12. The fraction of sp³-hybridized carbons (Fsp3) is 1.00. The van der Waals surface area contributed by atoms with Crippen molar-refractivity contribution in [3.63, 3.8) is 0 Å². The normalized spacial score (nSPS) is 11.2. The summed E-state index contributed by atoms with van der Waals surface area (Å²) in [5.41, 5.74) is 0. The van der Waals surface area contributed by atoms with Gasteiger partial charge >= 0.3 is 0 Å². The van der Waals surface area contributed by atoms with Gasteiger partial charge in [-0.2, -0.15) is 31.3 Å². The Labute approximate surface area is 116 Å². The lowest BCUT2D eigenvalue weighted by Crippen LogP contribution is -2.24. The third-order valence-corrected chi connectivity index (χ3v) is 0. The van der Waals surface area contributed by atoms with E-state index in [1.54, 1.807) is 0 Å². The minimum absolute atomic E-state index is 0. The molecule has 136 valence electrons. The van der Waals surface area contributed by atoms with Crippen LogP contribution in [0.4, 0.5) is 0 Å². The Balaban J connectivity index is -0.0000000533. The molecule has 0 heterocycles. The zero-order chi connectivity index (χ0) is 18.0. The van der Waals surface area contributed by atoms with Gasteiger partial charge in [0, 0.05) is 0 Å². The van der Waals surface area contributed by atoms with E-state index in [2.05, 4.69) is 0 Å². The Hall–Kier alpha value is 0.440. The van der Waals surface area contributed by atoms with Gasteiger partial charge in [0.15, 0.2) is 0 Å². The number of phosphoric acid groups is 4. The van der Waals surface area contributed by atoms with Crippen LogP contribution in [0, 0.1) is 0 Å². The molecule has 0 unspecified atom stereocenters. The summed E-state index contributed by atoms with van der Waals surface area (Å²) >= 11 is 0. The lowest BCUT2D eigenvalue weighted by atomic mass is 12.0. The molecule has 0 aromatic carbocycles. The van der Waals surface area contributed by atoms with Gasteiger partial charge in [-0.3, -0.25) is 0 Å². The lowest BCUT2D eigenvalue weighted by molar-refractivity contribution is -0.434. The van der Waals surface area contributed by atoms with Gasteiger partial charge in [-0.05, 0) is 0 Å². The lowest BCUT2D eigenvalue weighted by Gasteiger charge is -2.36. The monoisotopic (exact) mass is 396 g/mol. The van der Waals surface area contributed by atoms with Crippen LogP contribution in [-0.4, -0.2) is 0 Å². The summed E-state index contributed by atoms with van der Waals surface area (Å²) < 4.78 is 34.2. The van der Waals surface area contributed by atoms with E-state index in [0.717, 1.165) is 0 Å². The largest absolute Gasteiger partial charge is 0.822 e. The molecular weight excluding hydrogens is 392 g/mol. The molecule has 0 aliphatic heterocycles. The molecule has 0 fully saturated rings. The zero-order valence-corrected chi connectivity index (χ0v) is 11.9. The van der Waals surface area contributed by atoms with Crippen LogP contribution in [0.2, 0.25) is 0 Å². The highest BCUT2D eigenvalue weighted by molar-refractivity contribution is 7.41. The molecule has 0 aliphatic rings. The average molecular weight is 396 g/mol. The Morgan fingerprint density at radius 1 is 0.333 bits per heavy atom. The summed E-state index contributed by atoms with van der Waals surface area (Å²) in [6, 6.07) is 0. The molecule has 0 amide bonds. The molecule has 0 atom stereocenters. The molecule has 0 N–H and O–H groups in total. The Morgan fingerprint density at radius 2 is 0.333 bits per heavy atom. The van der Waals surface area contributed by atoms with Crippen molar-refractivity contribution < 1.29 is 77.0 Å². The van der Waals surface area contributed by atoms with E-state index in [4.69, 9.17) is 77.0 Å². The van der Waals surface area contributed by atoms with Crippen LogP contribution in [0.5, 0.6) is 0 Å². The maximum atomic E-state index is 8.55. The maximum Gasteiger partial charge on any atom is -0.0776 e. The van der Waals surface area contributed by atoms with Gasteiger partial charge < -0.3 is 77.0 Å². The quantitative estimate of drug-likeness (QED) is 0.343. The molecule has 0 bridgehead atoms. The Morgan fingerprint density at radius 3 is 0.333 bits per heavy atom. The highest BCUT2D eigenvalue weighted by atomic mass is 31.2. The van der Waals surface area contributed by atoms with Crippen molar-refractivity contribution in [3.8, 4) is 0 Å². The van der Waals surface area contributed by atoms with Crippen LogP contribution >= 0.6 is 31.3 Å². The van der Waals surface area contributed by atoms with Gasteiger partial charge in [0.05, 0.1) is 0 Å². The minimum Gasteiger partial charge on any atom is -0.822 e. The van der Waals surface area contributed by atoms with Gasteiger partial charge in [-0.1, -0.05) is 7.43 Å². The van der Waals surface area contributed by atoms with E-state index in [-0.39, 0.29) is 7.43 Å². The highest BCUT2D eigenvalue weighted by Gasteiger charge is 1.46. The summed E-state index contributed by atoms with van der Waals surface area (Å²) in [4.78, 5) is 103. The van der Waals surface area contributed by atoms with Crippen molar-refractivity contribution in [2.75, 3.05) is 0 Å². The molecule has 0 saturated carbocycles. The first kappa shape index (κ1) is 33.1. The predicted octanol–water partition coefficient (Wildman–Crippen LogP) is -10.7. The van der Waals surface area contributed by atoms with E-state index in [1.165, 1.54) is 0 Å². The molecule has 0 rings (SSSR count). The summed E-state index contributed by atoms with van der Waals surface area (Å²) in [7, 11) is -21.6. The van der Waals surface area contributed by atoms with E-state index in [0.29, 0.717) is 0 Å². The van der Waals surface area contributed by atoms with Crippen molar-refractivity contribution in [2.45, 2.75) is 7.43 Å². The van der Waals surface area contributed by atoms with Crippen LogP contribution in [0.3, 0.4) is 0 Å². The maximum absolute atomic E-state index is 8.55. The topological polar surface area (TPSA) is 345 Å². The van der Waals surface area contributed by atoms with Crippen molar-refractivity contribution >= 4 is 31.3 Å². The van der Waals surface area contributed by atoms with E-state index >= 15 is 0 Å². The number of hydrogen-bond acceptors (Lipinski definition) is 16. The van der Waals surface area contributed by atoms with Crippen molar-refractivity contribution in [2.24, 2.45) is 0 Å². The van der Waals surface area contributed by atoms with Gasteiger partial charge in [0.1, 0.15) is 0 Å². The number of hydrogen-bond donors (Lipinski definition) is 0. The SMILES string of the molecule is C.O=P([O-])([O-])[O-].O=P([O-])([O-])[O-].O=P([O-])([O-])[O-].O=P([O-])([O-])[O-]. The molecule has 0 aromatic rings. The van der Waals surface area contributed by atoms with Crippen LogP contribution in [0.15, 0.2) is 0 Å². The average Bonchev–Trinajstić information content (AvgIpc) is 1.62. The van der Waals surface area contributed by atoms with Crippen molar-refractivity contribution in [3.05, 3.63) is 0 Å². The first-order valence-corrected chi connectivity index (χ1v) is 8.76. The smallest absolute Gasteiger partial charge is 0.0776 e. The van der Waals surface area contributed by atoms with Gasteiger partial charge in [-0.25, -0.2) is 0 Å². The zero-order valence-electron chi connectivity index (χ0n) is 8.32. The first-order valence-electron chi connectivity index (χ1n) is 2.92. The Bertz CT molecular complexity index is 285. The predicted molar refractivity (Wildman–Crippen MR) is 37.2 cm³/mol. The van der Waals surface area contributed by atoms with E-state index in [9.17, 15) is 0 Å². The summed E-state index contributed by atoms with van der Waals surface area (Å²) in [5.74, 6) is 0. The summed E-state index contributed by atoms with van der Waals surface area (Å²) in [5, 5.41) is 0. The van der Waals surface area contributed by atoms with Crippen LogP contribution in [0.1, 0.15) is 7.43 Å². The molecule has 0 saturated heterocycles. The summed E-state index contributed by atoms with van der Waals surface area (Å²) in [6.07, 6.45) is 0. The molecule has 0 aromatic heterocycles. The molecule has 0 aliphatic carbocycles. The van der Waals surface area contributed by atoms with Crippen LogP contribution in [0.25, 0.3) is 0 Å². The number of rotatable bonds is 0. The fourth-order valence-corrected chi connectivity index (χ4v) is 0. The molecule has 21 heavy (non-hydrogen) atoms. The van der Waals surface area contributed by atoms with E-state index in [1.807, 2.05) is 0 Å². The molecule has 0 spiro atoms. The van der Waals surface area contributed by atoms with Gasteiger partial charge in [0.2, 0.25) is 0 Å². The second kappa shape index (κ2) is 12.9. The van der Waals surface area contributed by atoms with Gasteiger partial charge in [-0.15, -0.1) is 0 Å². The second-order valence-corrected chi connectivity index (χ2v) is 5.37. The molecule has 16 nitrogen and oxygen atoms in total. The van der Waals surface area contributed by atoms with E-state index < -0.39 is 31.3 Å². The third kappa shape index (κ3) is 35900. The standard InChI is InChI=1S/CH4.4H3O4P/c;4*1-5(2,3)4/h1H4;4*(H3,1,2,3,4)/p-12. The van der Waals surface area contributed by atoms with Crippen molar-refractivity contribution in [1.29, 1.82) is 0 Å². The van der Waals surface area contributed by atoms with Crippen molar-refractivity contribution in [1.82, 2.24) is 0 Å². The van der Waals surface area contributed by atoms with Gasteiger partial charge in [0.25, 0.3) is 0 Å². The second-order valence-electron chi connectivity index (χ2n) is 1.79. The molecule has 0 radical (unpaired) electrons. The first-order chi connectivity index (χ1) is 8.00. The fourth-order valence-electron chi connectivity index (χ4n) is 0. The summed E-state index contributed by atoms with van der Waals surface area (Å²) in [6.45, 7) is 0. The van der Waals surface area contributed by atoms with Crippen LogP contribution in [-0.2, 0) is 18.3 Å². The van der Waals surface area contributed by atoms with Crippen LogP contribution < -0.4 is 58.7 Å².